The van der Waals surface area contributed by atoms with E-state index in [2.05, 4.69) is 0 Å². The van der Waals surface area contributed by atoms with Crippen LogP contribution in [0.25, 0.3) is 0 Å². The van der Waals surface area contributed by atoms with E-state index >= 15 is 0 Å². The van der Waals surface area contributed by atoms with Crippen LogP contribution >= 0.6 is 0 Å². The molecule has 0 unspecified atom stereocenters. The fourth-order valence-electron chi connectivity index (χ4n) is 2.39. The van der Waals surface area contributed by atoms with Gasteiger partial charge in [-0.3, -0.25) is 4.79 Å². The van der Waals surface area contributed by atoms with E-state index < -0.39 is 15.6 Å². The van der Waals surface area contributed by atoms with Crippen LogP contribution in [0.5, 0.6) is 0 Å². The van der Waals surface area contributed by atoms with Crippen molar-refractivity contribution in [1.82, 2.24) is 9.21 Å². The van der Waals surface area contributed by atoms with E-state index in [4.69, 9.17) is 0 Å². The van der Waals surface area contributed by atoms with Crippen molar-refractivity contribution in [3.05, 3.63) is 0 Å². The van der Waals surface area contributed by atoms with Crippen molar-refractivity contribution in [1.29, 1.82) is 0 Å². The first kappa shape index (κ1) is 16.4. The van der Waals surface area contributed by atoms with Crippen LogP contribution in [0, 0.1) is 0 Å². The van der Waals surface area contributed by atoms with Crippen LogP contribution in [0.1, 0.15) is 46.5 Å². The molecule has 0 aromatic heterocycles. The molecule has 0 spiro atoms. The minimum absolute atomic E-state index is 0.0532. The van der Waals surface area contributed by atoms with E-state index in [9.17, 15) is 13.2 Å². The van der Waals surface area contributed by atoms with Crippen molar-refractivity contribution in [2.45, 2.75) is 52.0 Å². The summed E-state index contributed by atoms with van der Waals surface area (Å²) in [6.07, 6.45) is 5.49. The molecular weight excluding hydrogens is 264 g/mol. The Morgan fingerprint density at radius 2 is 1.58 bits per heavy atom. The summed E-state index contributed by atoms with van der Waals surface area (Å²) in [4.78, 5) is 14.1. The second-order valence-electron chi connectivity index (χ2n) is 6.24. The molecule has 1 aliphatic rings. The van der Waals surface area contributed by atoms with Crippen molar-refractivity contribution < 1.29 is 13.2 Å². The summed E-state index contributed by atoms with van der Waals surface area (Å²) in [6, 6.07) is 0. The van der Waals surface area contributed by atoms with E-state index in [1.165, 1.54) is 4.31 Å². The molecule has 1 saturated heterocycles. The zero-order valence-corrected chi connectivity index (χ0v) is 13.3. The molecule has 112 valence electrons. The number of nitrogens with zero attached hydrogens (tertiary/aromatic N) is 2. The maximum atomic E-state index is 12.3. The number of hydrogen-bond acceptors (Lipinski definition) is 3. The zero-order valence-electron chi connectivity index (χ0n) is 12.5. The third-order valence-corrected chi connectivity index (χ3v) is 4.86. The Labute approximate surface area is 117 Å². The molecule has 0 aliphatic carbocycles. The first-order valence-electron chi connectivity index (χ1n) is 6.88. The molecule has 1 amide bonds. The summed E-state index contributed by atoms with van der Waals surface area (Å²) in [6.45, 7) is 6.88. The molecular formula is C13H26N2O3S. The van der Waals surface area contributed by atoms with Crippen LogP contribution in [-0.4, -0.2) is 55.0 Å². The lowest BCUT2D eigenvalue weighted by Crippen LogP contribution is -2.50. The Hall–Kier alpha value is -0.620. The van der Waals surface area contributed by atoms with Gasteiger partial charge in [0.2, 0.25) is 15.9 Å². The summed E-state index contributed by atoms with van der Waals surface area (Å²) in [7, 11) is -3.38. The van der Waals surface area contributed by atoms with E-state index in [1.807, 2.05) is 20.8 Å². The Bertz CT molecular complexity index is 404. The summed E-state index contributed by atoms with van der Waals surface area (Å²) < 4.78 is 24.9. The van der Waals surface area contributed by atoms with E-state index in [0.29, 0.717) is 0 Å². The maximum Gasteiger partial charge on any atom is 0.237 e. The zero-order chi connectivity index (χ0) is 14.7. The molecule has 0 bridgehead atoms. The van der Waals surface area contributed by atoms with Gasteiger partial charge in [-0.05, 0) is 33.6 Å². The highest BCUT2D eigenvalue weighted by molar-refractivity contribution is 7.88. The van der Waals surface area contributed by atoms with Gasteiger partial charge in [-0.2, -0.15) is 4.31 Å². The van der Waals surface area contributed by atoms with E-state index in [0.717, 1.165) is 45.0 Å². The van der Waals surface area contributed by atoms with Gasteiger partial charge in [0.25, 0.3) is 0 Å². The molecule has 0 aromatic rings. The van der Waals surface area contributed by atoms with Crippen molar-refractivity contribution >= 4 is 15.9 Å². The van der Waals surface area contributed by atoms with E-state index in [-0.39, 0.29) is 12.5 Å². The fraction of sp³-hybridized carbons (Fsp3) is 0.923. The Balaban J connectivity index is 2.76. The van der Waals surface area contributed by atoms with Crippen LogP contribution < -0.4 is 0 Å². The van der Waals surface area contributed by atoms with Gasteiger partial charge in [0, 0.05) is 18.6 Å². The number of rotatable bonds is 3. The molecule has 19 heavy (non-hydrogen) atoms. The van der Waals surface area contributed by atoms with Crippen LogP contribution in [0.4, 0.5) is 0 Å². The van der Waals surface area contributed by atoms with Gasteiger partial charge in [0.15, 0.2) is 0 Å². The van der Waals surface area contributed by atoms with Gasteiger partial charge in [0.1, 0.15) is 0 Å². The fourth-order valence-corrected chi connectivity index (χ4v) is 3.73. The second kappa shape index (κ2) is 6.22. The smallest absolute Gasteiger partial charge is 0.237 e. The molecule has 0 N–H and O–H groups in total. The quantitative estimate of drug-likeness (QED) is 0.790. The maximum absolute atomic E-state index is 12.3. The first-order chi connectivity index (χ1) is 8.62. The molecule has 1 aliphatic heterocycles. The summed E-state index contributed by atoms with van der Waals surface area (Å²) in [5.41, 5.74) is -0.574. The number of carbonyl (C=O) groups is 1. The number of amides is 1. The van der Waals surface area contributed by atoms with Crippen molar-refractivity contribution in [2.75, 3.05) is 25.9 Å². The Morgan fingerprint density at radius 1 is 1.11 bits per heavy atom. The molecule has 6 heteroatoms. The molecule has 0 radical (unpaired) electrons. The topological polar surface area (TPSA) is 57.7 Å². The van der Waals surface area contributed by atoms with Gasteiger partial charge in [-0.1, -0.05) is 12.8 Å². The lowest BCUT2D eigenvalue weighted by atomic mass is 10.1. The standard InChI is InChI=1S/C13H26N2O3S/c1-13(2,3)15(19(4,17)18)11-12(16)14-9-7-5-6-8-10-14/h5-11H2,1-4H3. The Morgan fingerprint density at radius 3 is 1.95 bits per heavy atom. The minimum Gasteiger partial charge on any atom is -0.342 e. The number of sulfonamides is 1. The average molecular weight is 290 g/mol. The van der Waals surface area contributed by atoms with Gasteiger partial charge in [0.05, 0.1) is 12.8 Å². The normalized spacial score (nSPS) is 18.5. The lowest BCUT2D eigenvalue weighted by Gasteiger charge is -2.34. The van der Waals surface area contributed by atoms with Crippen LogP contribution in [0.15, 0.2) is 0 Å². The Kier molecular flexibility index (Phi) is 5.38. The molecule has 5 nitrogen and oxygen atoms in total. The van der Waals surface area contributed by atoms with Gasteiger partial charge >= 0.3 is 0 Å². The third-order valence-electron chi connectivity index (χ3n) is 3.39. The summed E-state index contributed by atoms with van der Waals surface area (Å²) >= 11 is 0. The highest BCUT2D eigenvalue weighted by Crippen LogP contribution is 2.18. The lowest BCUT2D eigenvalue weighted by molar-refractivity contribution is -0.132. The molecule has 0 aromatic carbocycles. The van der Waals surface area contributed by atoms with E-state index in [1.54, 1.807) is 4.90 Å². The number of carbonyl (C=O) groups excluding carboxylic acids is 1. The largest absolute Gasteiger partial charge is 0.342 e. The van der Waals surface area contributed by atoms with Gasteiger partial charge < -0.3 is 4.90 Å². The second-order valence-corrected chi connectivity index (χ2v) is 8.14. The molecule has 1 rings (SSSR count). The highest BCUT2D eigenvalue weighted by Gasteiger charge is 2.32. The average Bonchev–Trinajstić information content (AvgIpc) is 2.50. The first-order valence-corrected chi connectivity index (χ1v) is 8.73. The molecule has 0 saturated carbocycles. The van der Waals surface area contributed by atoms with Gasteiger partial charge in [-0.25, -0.2) is 8.42 Å². The highest BCUT2D eigenvalue weighted by atomic mass is 32.2. The third kappa shape index (κ3) is 5.10. The minimum atomic E-state index is -3.38. The molecule has 1 heterocycles. The predicted octanol–water partition coefficient (Wildman–Crippen LogP) is 1.45. The van der Waals surface area contributed by atoms with Crippen LogP contribution in [0.3, 0.4) is 0 Å². The van der Waals surface area contributed by atoms with Crippen LogP contribution in [0.2, 0.25) is 0 Å². The van der Waals surface area contributed by atoms with Crippen molar-refractivity contribution in [2.24, 2.45) is 0 Å². The predicted molar refractivity (Wildman–Crippen MR) is 76.4 cm³/mol. The number of hydrogen-bond donors (Lipinski definition) is 0. The SMILES string of the molecule is CC(C)(C)N(CC(=O)N1CCCCCC1)S(C)(=O)=O. The van der Waals surface area contributed by atoms with Crippen molar-refractivity contribution in [3.63, 3.8) is 0 Å². The molecule has 1 fully saturated rings. The summed E-state index contributed by atoms with van der Waals surface area (Å²) in [5, 5.41) is 0. The number of likely N-dealkylation sites (tertiary alicyclic amines) is 1. The van der Waals surface area contributed by atoms with Crippen molar-refractivity contribution in [3.8, 4) is 0 Å². The summed E-state index contributed by atoms with van der Waals surface area (Å²) in [5.74, 6) is -0.0812. The molecule has 0 atom stereocenters. The van der Waals surface area contributed by atoms with Crippen LogP contribution in [-0.2, 0) is 14.8 Å². The van der Waals surface area contributed by atoms with Gasteiger partial charge in [-0.15, -0.1) is 0 Å². The monoisotopic (exact) mass is 290 g/mol.